The van der Waals surface area contributed by atoms with Gasteiger partial charge < -0.3 is 15.1 Å². The number of thiazole rings is 1. The van der Waals surface area contributed by atoms with Crippen molar-refractivity contribution >= 4 is 39.2 Å². The number of fused-ring (bicyclic) bond motifs is 1. The van der Waals surface area contributed by atoms with Crippen LogP contribution in [0.2, 0.25) is 0 Å². The molecule has 0 unspecified atom stereocenters. The highest BCUT2D eigenvalue weighted by atomic mass is 32.1. The third-order valence-electron chi connectivity index (χ3n) is 3.76. The van der Waals surface area contributed by atoms with Crippen LogP contribution in [0.4, 0.5) is 10.5 Å². The summed E-state index contributed by atoms with van der Waals surface area (Å²) in [6.45, 7) is 5.84. The smallest absolute Gasteiger partial charge is 0.321 e. The zero-order chi connectivity index (χ0) is 15.7. The lowest BCUT2D eigenvalue weighted by molar-refractivity contribution is -0.130. The number of carbonyl (C=O) groups excluding carboxylic acids is 2. The number of nitrogens with one attached hydrogen (secondary N) is 1. The maximum absolute atomic E-state index is 12.3. The van der Waals surface area contributed by atoms with E-state index < -0.39 is 0 Å². The van der Waals surface area contributed by atoms with Gasteiger partial charge in [0, 0.05) is 38.8 Å². The van der Waals surface area contributed by atoms with Gasteiger partial charge in [0.25, 0.3) is 0 Å². The van der Waals surface area contributed by atoms with E-state index >= 15 is 0 Å². The van der Waals surface area contributed by atoms with Crippen LogP contribution in [-0.4, -0.2) is 52.9 Å². The summed E-state index contributed by atoms with van der Waals surface area (Å²) in [6, 6.07) is 5.61. The van der Waals surface area contributed by atoms with Crippen molar-refractivity contribution in [2.24, 2.45) is 0 Å². The molecular formula is C15H18N4O2S. The average Bonchev–Trinajstić information content (AvgIpc) is 2.86. The molecular weight excluding hydrogens is 300 g/mol. The zero-order valence-corrected chi connectivity index (χ0v) is 13.4. The lowest BCUT2D eigenvalue weighted by Crippen LogP contribution is -2.51. The fraction of sp³-hybridized carbons (Fsp3) is 0.400. The van der Waals surface area contributed by atoms with Gasteiger partial charge in [-0.3, -0.25) is 4.79 Å². The molecule has 1 aromatic heterocycles. The Bertz CT molecular complexity index is 719. The number of aryl methyl sites for hydroxylation is 1. The number of rotatable bonds is 1. The van der Waals surface area contributed by atoms with Crippen LogP contribution in [0.25, 0.3) is 10.2 Å². The molecule has 22 heavy (non-hydrogen) atoms. The van der Waals surface area contributed by atoms with E-state index in [9.17, 15) is 9.59 Å². The van der Waals surface area contributed by atoms with E-state index in [1.54, 1.807) is 28.1 Å². The topological polar surface area (TPSA) is 65.5 Å². The van der Waals surface area contributed by atoms with Crippen LogP contribution in [-0.2, 0) is 4.79 Å². The molecule has 2 heterocycles. The first-order valence-electron chi connectivity index (χ1n) is 7.21. The van der Waals surface area contributed by atoms with Crippen LogP contribution in [0.15, 0.2) is 18.2 Å². The maximum Gasteiger partial charge on any atom is 0.321 e. The minimum absolute atomic E-state index is 0.0612. The summed E-state index contributed by atoms with van der Waals surface area (Å²) in [4.78, 5) is 31.5. The van der Waals surface area contributed by atoms with Crippen molar-refractivity contribution in [3.8, 4) is 0 Å². The van der Waals surface area contributed by atoms with E-state index in [1.807, 2.05) is 25.1 Å². The molecule has 0 saturated carbocycles. The van der Waals surface area contributed by atoms with Crippen molar-refractivity contribution in [3.05, 3.63) is 23.2 Å². The molecule has 2 aromatic rings. The highest BCUT2D eigenvalue weighted by Crippen LogP contribution is 2.24. The van der Waals surface area contributed by atoms with E-state index in [4.69, 9.17) is 0 Å². The molecule has 7 heteroatoms. The Labute approximate surface area is 132 Å². The average molecular weight is 318 g/mol. The quantitative estimate of drug-likeness (QED) is 0.877. The lowest BCUT2D eigenvalue weighted by Gasteiger charge is -2.34. The molecule has 6 nitrogen and oxygen atoms in total. The van der Waals surface area contributed by atoms with Crippen LogP contribution in [0, 0.1) is 6.92 Å². The summed E-state index contributed by atoms with van der Waals surface area (Å²) in [5.74, 6) is 0.0612. The fourth-order valence-corrected chi connectivity index (χ4v) is 3.41. The number of carbonyl (C=O) groups is 2. The molecule has 1 aliphatic heterocycles. The van der Waals surface area contributed by atoms with Crippen molar-refractivity contribution in [3.63, 3.8) is 0 Å². The summed E-state index contributed by atoms with van der Waals surface area (Å²) in [6.07, 6.45) is 0. The number of anilines is 1. The predicted octanol–water partition coefficient (Wildman–Crippen LogP) is 2.30. The summed E-state index contributed by atoms with van der Waals surface area (Å²) in [7, 11) is 0. The molecule has 3 amide bonds. The standard InChI is InChI=1S/C15H18N4O2S/c1-10-16-13-4-3-12(9-14(13)22-10)17-15(21)19-7-5-18(6-8-19)11(2)20/h3-4,9H,5-8H2,1-2H3,(H,17,21). The molecule has 0 radical (unpaired) electrons. The number of urea groups is 1. The summed E-state index contributed by atoms with van der Waals surface area (Å²) < 4.78 is 1.07. The van der Waals surface area contributed by atoms with Gasteiger partial charge in [-0.2, -0.15) is 0 Å². The first-order chi connectivity index (χ1) is 10.5. The maximum atomic E-state index is 12.3. The van der Waals surface area contributed by atoms with Crippen LogP contribution in [0.1, 0.15) is 11.9 Å². The Morgan fingerprint density at radius 2 is 1.86 bits per heavy atom. The molecule has 0 bridgehead atoms. The van der Waals surface area contributed by atoms with E-state index in [0.29, 0.717) is 26.2 Å². The van der Waals surface area contributed by atoms with Gasteiger partial charge in [0.15, 0.2) is 0 Å². The molecule has 1 aliphatic rings. The molecule has 1 N–H and O–H groups in total. The van der Waals surface area contributed by atoms with Crippen LogP contribution in [0.3, 0.4) is 0 Å². The van der Waals surface area contributed by atoms with E-state index in [-0.39, 0.29) is 11.9 Å². The highest BCUT2D eigenvalue weighted by molar-refractivity contribution is 7.18. The second-order valence-electron chi connectivity index (χ2n) is 5.34. The van der Waals surface area contributed by atoms with Crippen molar-refractivity contribution in [2.75, 3.05) is 31.5 Å². The molecule has 116 valence electrons. The van der Waals surface area contributed by atoms with Crippen LogP contribution < -0.4 is 5.32 Å². The second-order valence-corrected chi connectivity index (χ2v) is 6.57. The number of aromatic nitrogens is 1. The number of amides is 3. The molecule has 0 aliphatic carbocycles. The van der Waals surface area contributed by atoms with Gasteiger partial charge >= 0.3 is 6.03 Å². The van der Waals surface area contributed by atoms with Gasteiger partial charge in [-0.1, -0.05) is 0 Å². The monoisotopic (exact) mass is 318 g/mol. The van der Waals surface area contributed by atoms with Gasteiger partial charge in [-0.25, -0.2) is 9.78 Å². The third-order valence-corrected chi connectivity index (χ3v) is 4.69. The van der Waals surface area contributed by atoms with Gasteiger partial charge in [0.2, 0.25) is 5.91 Å². The Hall–Kier alpha value is -2.15. The number of nitrogens with zero attached hydrogens (tertiary/aromatic N) is 3. The minimum atomic E-state index is -0.121. The van der Waals surface area contributed by atoms with Crippen LogP contribution in [0.5, 0.6) is 0 Å². The summed E-state index contributed by atoms with van der Waals surface area (Å²) in [5, 5.41) is 3.93. The SMILES string of the molecule is CC(=O)N1CCN(C(=O)Nc2ccc3nc(C)sc3c2)CC1. The molecule has 0 spiro atoms. The van der Waals surface area contributed by atoms with Gasteiger partial charge in [-0.05, 0) is 25.1 Å². The van der Waals surface area contributed by atoms with Crippen molar-refractivity contribution in [1.29, 1.82) is 0 Å². The molecule has 1 aromatic carbocycles. The highest BCUT2D eigenvalue weighted by Gasteiger charge is 2.22. The number of piperazine rings is 1. The number of hydrogen-bond acceptors (Lipinski definition) is 4. The number of hydrogen-bond donors (Lipinski definition) is 1. The number of benzene rings is 1. The largest absolute Gasteiger partial charge is 0.339 e. The van der Waals surface area contributed by atoms with Crippen molar-refractivity contribution < 1.29 is 9.59 Å². The molecule has 3 rings (SSSR count). The second kappa shape index (κ2) is 5.92. The zero-order valence-electron chi connectivity index (χ0n) is 12.6. The van der Waals surface area contributed by atoms with E-state index in [2.05, 4.69) is 10.3 Å². The Morgan fingerprint density at radius 1 is 1.18 bits per heavy atom. The van der Waals surface area contributed by atoms with Gasteiger partial charge in [0.1, 0.15) is 0 Å². The Balaban J connectivity index is 1.64. The third kappa shape index (κ3) is 3.04. The van der Waals surface area contributed by atoms with E-state index in [0.717, 1.165) is 20.9 Å². The van der Waals surface area contributed by atoms with E-state index in [1.165, 1.54) is 0 Å². The Kier molecular flexibility index (Phi) is 3.98. The van der Waals surface area contributed by atoms with Gasteiger partial charge in [0.05, 0.1) is 15.2 Å². The van der Waals surface area contributed by atoms with Gasteiger partial charge in [-0.15, -0.1) is 11.3 Å². The van der Waals surface area contributed by atoms with Crippen molar-refractivity contribution in [2.45, 2.75) is 13.8 Å². The fourth-order valence-electron chi connectivity index (χ4n) is 2.54. The molecule has 1 fully saturated rings. The normalized spacial score (nSPS) is 15.2. The molecule has 1 saturated heterocycles. The lowest BCUT2D eigenvalue weighted by atomic mass is 10.3. The van der Waals surface area contributed by atoms with Crippen LogP contribution >= 0.6 is 11.3 Å². The Morgan fingerprint density at radius 3 is 2.55 bits per heavy atom. The first kappa shape index (κ1) is 14.8. The van der Waals surface area contributed by atoms with Crippen molar-refractivity contribution in [1.82, 2.24) is 14.8 Å². The summed E-state index contributed by atoms with van der Waals surface area (Å²) in [5.41, 5.74) is 1.73. The minimum Gasteiger partial charge on any atom is -0.339 e. The first-order valence-corrected chi connectivity index (χ1v) is 8.03. The molecule has 0 atom stereocenters. The summed E-state index contributed by atoms with van der Waals surface area (Å²) >= 11 is 1.61. The predicted molar refractivity (Wildman–Crippen MR) is 87.2 cm³/mol.